The van der Waals surface area contributed by atoms with Gasteiger partial charge in [-0.2, -0.15) is 0 Å². The number of thiophene rings is 1. The third kappa shape index (κ3) is 3.29. The first-order valence-corrected chi connectivity index (χ1v) is 7.28. The van der Waals surface area contributed by atoms with E-state index in [0.717, 1.165) is 19.5 Å². The molecular weight excluding hydrogens is 286 g/mol. The van der Waals surface area contributed by atoms with Crippen molar-refractivity contribution in [2.24, 2.45) is 5.41 Å². The van der Waals surface area contributed by atoms with Gasteiger partial charge in [0.1, 0.15) is 0 Å². The molecular formula is C12H18BrNOS. The Labute approximate surface area is 109 Å². The predicted octanol–water partition coefficient (Wildman–Crippen LogP) is 2.76. The van der Waals surface area contributed by atoms with Gasteiger partial charge < -0.3 is 10.0 Å². The summed E-state index contributed by atoms with van der Waals surface area (Å²) in [4.78, 5) is 3.77. The summed E-state index contributed by atoms with van der Waals surface area (Å²) >= 11 is 5.29. The number of hydrogen-bond donors (Lipinski definition) is 1. The van der Waals surface area contributed by atoms with Crippen LogP contribution in [0, 0.1) is 5.41 Å². The van der Waals surface area contributed by atoms with Crippen molar-refractivity contribution in [3.8, 4) is 0 Å². The fourth-order valence-electron chi connectivity index (χ4n) is 1.98. The maximum atomic E-state index is 9.26. The standard InChI is InChI=1S/C12H18BrNOS/c1-14(8-12(9-15)5-6-12)7-4-10-2-3-11(13)16-10/h2-3,15H,4-9H2,1H3. The van der Waals surface area contributed by atoms with E-state index in [9.17, 15) is 5.11 Å². The number of halogens is 1. The van der Waals surface area contributed by atoms with Crippen LogP contribution in [-0.4, -0.2) is 36.8 Å². The van der Waals surface area contributed by atoms with E-state index in [1.165, 1.54) is 21.5 Å². The zero-order valence-electron chi connectivity index (χ0n) is 9.58. The average Bonchev–Trinajstić information content (AvgIpc) is 2.91. The summed E-state index contributed by atoms with van der Waals surface area (Å²) in [6, 6.07) is 4.29. The van der Waals surface area contributed by atoms with Crippen LogP contribution in [0.4, 0.5) is 0 Å². The molecule has 0 bridgehead atoms. The van der Waals surface area contributed by atoms with Crippen molar-refractivity contribution in [1.82, 2.24) is 4.90 Å². The van der Waals surface area contributed by atoms with Gasteiger partial charge in [0.05, 0.1) is 3.79 Å². The number of rotatable bonds is 6. The van der Waals surface area contributed by atoms with Crippen LogP contribution >= 0.6 is 27.3 Å². The van der Waals surface area contributed by atoms with E-state index in [2.05, 4.69) is 40.0 Å². The smallest absolute Gasteiger partial charge is 0.0701 e. The van der Waals surface area contributed by atoms with Crippen molar-refractivity contribution in [1.29, 1.82) is 0 Å². The lowest BCUT2D eigenvalue weighted by molar-refractivity contribution is 0.165. The van der Waals surface area contributed by atoms with Gasteiger partial charge in [0.2, 0.25) is 0 Å². The molecule has 1 saturated carbocycles. The molecule has 1 aliphatic carbocycles. The Hall–Kier alpha value is 0.1000. The zero-order chi connectivity index (χ0) is 11.6. The Morgan fingerprint density at radius 2 is 2.25 bits per heavy atom. The van der Waals surface area contributed by atoms with E-state index >= 15 is 0 Å². The highest BCUT2D eigenvalue weighted by Gasteiger charge is 2.42. The summed E-state index contributed by atoms with van der Waals surface area (Å²) in [7, 11) is 2.15. The average molecular weight is 304 g/mol. The second-order valence-corrected chi connectivity index (χ2v) is 7.40. The van der Waals surface area contributed by atoms with E-state index in [1.807, 2.05) is 11.3 Å². The molecule has 0 aliphatic heterocycles. The van der Waals surface area contributed by atoms with Crippen LogP contribution in [0.1, 0.15) is 17.7 Å². The highest BCUT2D eigenvalue weighted by molar-refractivity contribution is 9.11. The van der Waals surface area contributed by atoms with Gasteiger partial charge >= 0.3 is 0 Å². The molecule has 0 spiro atoms. The molecule has 0 amide bonds. The van der Waals surface area contributed by atoms with Gasteiger partial charge in [-0.05, 0) is 54.4 Å². The van der Waals surface area contributed by atoms with E-state index < -0.39 is 0 Å². The number of likely N-dealkylation sites (N-methyl/N-ethyl adjacent to an activating group) is 1. The van der Waals surface area contributed by atoms with Gasteiger partial charge in [0.25, 0.3) is 0 Å². The molecule has 0 atom stereocenters. The van der Waals surface area contributed by atoms with Crippen molar-refractivity contribution in [2.75, 3.05) is 26.7 Å². The first-order valence-electron chi connectivity index (χ1n) is 5.67. The molecule has 90 valence electrons. The van der Waals surface area contributed by atoms with Gasteiger partial charge in [-0.3, -0.25) is 0 Å². The summed E-state index contributed by atoms with van der Waals surface area (Å²) < 4.78 is 1.21. The van der Waals surface area contributed by atoms with Crippen LogP contribution in [-0.2, 0) is 6.42 Å². The minimum atomic E-state index is 0.241. The second kappa shape index (κ2) is 5.17. The summed E-state index contributed by atoms with van der Waals surface area (Å²) in [5.41, 5.74) is 0.241. The molecule has 1 heterocycles. The topological polar surface area (TPSA) is 23.5 Å². The molecule has 1 N–H and O–H groups in total. The Balaban J connectivity index is 1.73. The summed E-state index contributed by atoms with van der Waals surface area (Å²) in [6.45, 7) is 2.46. The molecule has 1 aliphatic rings. The molecule has 4 heteroatoms. The molecule has 0 saturated heterocycles. The second-order valence-electron chi connectivity index (χ2n) is 4.85. The Bertz CT molecular complexity index is 349. The molecule has 0 unspecified atom stereocenters. The highest BCUT2D eigenvalue weighted by Crippen LogP contribution is 2.45. The maximum Gasteiger partial charge on any atom is 0.0701 e. The van der Waals surface area contributed by atoms with Gasteiger partial charge in [0.15, 0.2) is 0 Å². The lowest BCUT2D eigenvalue weighted by Gasteiger charge is -2.21. The van der Waals surface area contributed by atoms with Crippen molar-refractivity contribution in [2.45, 2.75) is 19.3 Å². The predicted molar refractivity (Wildman–Crippen MR) is 72.0 cm³/mol. The Morgan fingerprint density at radius 3 is 2.75 bits per heavy atom. The van der Waals surface area contributed by atoms with Crippen LogP contribution in [0.25, 0.3) is 0 Å². The fraction of sp³-hybridized carbons (Fsp3) is 0.667. The van der Waals surface area contributed by atoms with Crippen molar-refractivity contribution < 1.29 is 5.11 Å². The van der Waals surface area contributed by atoms with Gasteiger partial charge in [-0.25, -0.2) is 0 Å². The molecule has 2 nitrogen and oxygen atoms in total. The fourth-order valence-corrected chi connectivity index (χ4v) is 3.45. The minimum Gasteiger partial charge on any atom is -0.396 e. The maximum absolute atomic E-state index is 9.26. The molecule has 1 fully saturated rings. The van der Waals surface area contributed by atoms with Crippen molar-refractivity contribution in [3.63, 3.8) is 0 Å². The van der Waals surface area contributed by atoms with Crippen LogP contribution in [0.2, 0.25) is 0 Å². The molecule has 1 aromatic rings. The Kier molecular flexibility index (Phi) is 4.06. The SMILES string of the molecule is CN(CCc1ccc(Br)s1)CC1(CO)CC1. The minimum absolute atomic E-state index is 0.241. The Morgan fingerprint density at radius 1 is 1.50 bits per heavy atom. The number of nitrogens with zero attached hydrogens (tertiary/aromatic N) is 1. The molecule has 1 aromatic heterocycles. The van der Waals surface area contributed by atoms with Crippen molar-refractivity contribution in [3.05, 3.63) is 20.8 Å². The number of aliphatic hydroxyl groups excluding tert-OH is 1. The van der Waals surface area contributed by atoms with E-state index in [1.54, 1.807) is 0 Å². The van der Waals surface area contributed by atoms with Crippen LogP contribution in [0.5, 0.6) is 0 Å². The van der Waals surface area contributed by atoms with Crippen molar-refractivity contribution >= 4 is 27.3 Å². The quantitative estimate of drug-likeness (QED) is 0.873. The number of aliphatic hydroxyl groups is 1. The highest BCUT2D eigenvalue weighted by atomic mass is 79.9. The van der Waals surface area contributed by atoms with E-state index in [-0.39, 0.29) is 5.41 Å². The molecule has 16 heavy (non-hydrogen) atoms. The number of hydrogen-bond acceptors (Lipinski definition) is 3. The summed E-state index contributed by atoms with van der Waals surface area (Å²) in [5.74, 6) is 0. The summed E-state index contributed by atoms with van der Waals surface area (Å²) in [6.07, 6.45) is 3.49. The molecule has 2 rings (SSSR count). The van der Waals surface area contributed by atoms with Crippen LogP contribution < -0.4 is 0 Å². The third-order valence-corrected chi connectivity index (χ3v) is 4.95. The van der Waals surface area contributed by atoms with Gasteiger partial charge in [0, 0.05) is 30.0 Å². The van der Waals surface area contributed by atoms with E-state index in [0.29, 0.717) is 6.61 Å². The monoisotopic (exact) mass is 303 g/mol. The largest absolute Gasteiger partial charge is 0.396 e. The zero-order valence-corrected chi connectivity index (χ0v) is 12.0. The first kappa shape index (κ1) is 12.6. The molecule has 0 radical (unpaired) electrons. The van der Waals surface area contributed by atoms with Gasteiger partial charge in [-0.15, -0.1) is 11.3 Å². The van der Waals surface area contributed by atoms with Gasteiger partial charge in [-0.1, -0.05) is 0 Å². The van der Waals surface area contributed by atoms with E-state index in [4.69, 9.17) is 0 Å². The lowest BCUT2D eigenvalue weighted by atomic mass is 10.1. The van der Waals surface area contributed by atoms with Crippen LogP contribution in [0.15, 0.2) is 15.9 Å². The normalized spacial score (nSPS) is 18.0. The third-order valence-electron chi connectivity index (χ3n) is 3.27. The first-order chi connectivity index (χ1) is 7.63. The van der Waals surface area contributed by atoms with Crippen LogP contribution in [0.3, 0.4) is 0 Å². The summed E-state index contributed by atoms with van der Waals surface area (Å²) in [5, 5.41) is 9.26. The molecule has 0 aromatic carbocycles. The lowest BCUT2D eigenvalue weighted by Crippen LogP contribution is -2.30.